The molecule has 2 rings (SSSR count). The minimum absolute atomic E-state index is 0.546. The number of hydrogen-bond donors (Lipinski definition) is 1. The lowest BCUT2D eigenvalue weighted by Gasteiger charge is -2.33. The van der Waals surface area contributed by atoms with Crippen LogP contribution in [0.2, 0.25) is 0 Å². The van der Waals surface area contributed by atoms with E-state index in [1.165, 1.54) is 30.4 Å². The number of unbranched alkanes of at least 4 members (excludes halogenated alkanes) is 1. The first-order chi connectivity index (χ1) is 8.35. The van der Waals surface area contributed by atoms with Gasteiger partial charge in [0.25, 0.3) is 0 Å². The summed E-state index contributed by atoms with van der Waals surface area (Å²) in [6.45, 7) is 6.12. The Hall–Kier alpha value is -1.08. The van der Waals surface area contributed by atoms with Crippen LogP contribution in [0.15, 0.2) is 36.9 Å². The maximum Gasteiger partial charge on any atom is 0.0325 e. The van der Waals surface area contributed by atoms with Crippen LogP contribution in [0.1, 0.15) is 49.8 Å². The van der Waals surface area contributed by atoms with Crippen molar-refractivity contribution in [3.8, 4) is 0 Å². The topological polar surface area (TPSA) is 12.0 Å². The molecular formula is C16H23N. The van der Waals surface area contributed by atoms with E-state index in [4.69, 9.17) is 0 Å². The van der Waals surface area contributed by atoms with Crippen molar-refractivity contribution in [1.82, 2.24) is 5.32 Å². The minimum Gasteiger partial charge on any atom is -0.307 e. The Morgan fingerprint density at radius 2 is 2.24 bits per heavy atom. The fourth-order valence-electron chi connectivity index (χ4n) is 2.76. The fraction of sp³-hybridized carbons (Fsp3) is 0.500. The van der Waals surface area contributed by atoms with Crippen molar-refractivity contribution in [1.29, 1.82) is 0 Å². The second-order valence-corrected chi connectivity index (χ2v) is 4.99. The predicted molar refractivity (Wildman–Crippen MR) is 74.1 cm³/mol. The van der Waals surface area contributed by atoms with E-state index >= 15 is 0 Å². The average Bonchev–Trinajstić information content (AvgIpc) is 2.36. The molecule has 0 saturated heterocycles. The third-order valence-corrected chi connectivity index (χ3v) is 3.63. The molecule has 1 heteroatoms. The lowest BCUT2D eigenvalue weighted by molar-refractivity contribution is 0.379. The molecule has 1 aliphatic heterocycles. The first-order valence-electron chi connectivity index (χ1n) is 6.80. The number of rotatable bonds is 5. The summed E-state index contributed by atoms with van der Waals surface area (Å²) < 4.78 is 0. The van der Waals surface area contributed by atoms with Crippen molar-refractivity contribution < 1.29 is 0 Å². The zero-order chi connectivity index (χ0) is 12.1. The summed E-state index contributed by atoms with van der Waals surface area (Å²) in [5.41, 5.74) is 3.04. The van der Waals surface area contributed by atoms with E-state index in [0.717, 1.165) is 12.8 Å². The Balaban J connectivity index is 2.16. The Labute approximate surface area is 105 Å². The van der Waals surface area contributed by atoms with Gasteiger partial charge < -0.3 is 5.32 Å². The van der Waals surface area contributed by atoms with E-state index in [-0.39, 0.29) is 0 Å². The van der Waals surface area contributed by atoms with Crippen molar-refractivity contribution in [2.24, 2.45) is 0 Å². The van der Waals surface area contributed by atoms with Gasteiger partial charge in [-0.1, -0.05) is 50.1 Å². The van der Waals surface area contributed by atoms with Gasteiger partial charge in [-0.05, 0) is 30.4 Å². The monoisotopic (exact) mass is 229 g/mol. The van der Waals surface area contributed by atoms with Crippen LogP contribution in [0.4, 0.5) is 0 Å². The van der Waals surface area contributed by atoms with Crippen molar-refractivity contribution in [3.05, 3.63) is 48.0 Å². The SMILES string of the molecule is C=CC[C@H]1Cc2ccccc2[C@H](CCCC)N1. The van der Waals surface area contributed by atoms with Gasteiger partial charge in [0, 0.05) is 12.1 Å². The summed E-state index contributed by atoms with van der Waals surface area (Å²) in [7, 11) is 0. The van der Waals surface area contributed by atoms with Crippen molar-refractivity contribution in [2.45, 2.75) is 51.1 Å². The van der Waals surface area contributed by atoms with Crippen molar-refractivity contribution >= 4 is 0 Å². The Morgan fingerprint density at radius 1 is 1.41 bits per heavy atom. The number of fused-ring (bicyclic) bond motifs is 1. The van der Waals surface area contributed by atoms with Crippen LogP contribution in [-0.4, -0.2) is 6.04 Å². The summed E-state index contributed by atoms with van der Waals surface area (Å²) in [4.78, 5) is 0. The highest BCUT2D eigenvalue weighted by Crippen LogP contribution is 2.29. The third-order valence-electron chi connectivity index (χ3n) is 3.63. The van der Waals surface area contributed by atoms with Gasteiger partial charge in [0.1, 0.15) is 0 Å². The Morgan fingerprint density at radius 3 is 3.00 bits per heavy atom. The highest BCUT2D eigenvalue weighted by atomic mass is 15.0. The summed E-state index contributed by atoms with van der Waals surface area (Å²) in [5, 5.41) is 3.77. The van der Waals surface area contributed by atoms with E-state index in [9.17, 15) is 0 Å². The largest absolute Gasteiger partial charge is 0.307 e. The maximum absolute atomic E-state index is 3.86. The molecule has 0 bridgehead atoms. The smallest absolute Gasteiger partial charge is 0.0325 e. The summed E-state index contributed by atoms with van der Waals surface area (Å²) in [6, 6.07) is 10.0. The molecule has 1 N–H and O–H groups in total. The maximum atomic E-state index is 3.86. The molecule has 0 amide bonds. The summed E-state index contributed by atoms with van der Waals surface area (Å²) >= 11 is 0. The van der Waals surface area contributed by atoms with Gasteiger partial charge in [-0.2, -0.15) is 0 Å². The zero-order valence-corrected chi connectivity index (χ0v) is 10.8. The molecule has 1 aromatic rings. The highest BCUT2D eigenvalue weighted by Gasteiger charge is 2.24. The van der Waals surface area contributed by atoms with E-state index in [1.54, 1.807) is 0 Å². The van der Waals surface area contributed by atoms with Crippen LogP contribution in [0.25, 0.3) is 0 Å². The molecule has 1 aromatic carbocycles. The molecule has 0 spiro atoms. The van der Waals surface area contributed by atoms with Gasteiger partial charge in [-0.15, -0.1) is 6.58 Å². The van der Waals surface area contributed by atoms with Crippen LogP contribution in [0.5, 0.6) is 0 Å². The van der Waals surface area contributed by atoms with Crippen LogP contribution in [-0.2, 0) is 6.42 Å². The number of nitrogens with one attached hydrogen (secondary N) is 1. The molecule has 0 radical (unpaired) electrons. The molecule has 0 unspecified atom stereocenters. The lowest BCUT2D eigenvalue weighted by Crippen LogP contribution is -2.39. The van der Waals surface area contributed by atoms with Gasteiger partial charge in [0.2, 0.25) is 0 Å². The Bertz CT molecular complexity index is 370. The van der Waals surface area contributed by atoms with Crippen LogP contribution in [0.3, 0.4) is 0 Å². The molecule has 2 atom stereocenters. The molecule has 0 fully saturated rings. The van der Waals surface area contributed by atoms with Crippen LogP contribution < -0.4 is 5.32 Å². The van der Waals surface area contributed by atoms with E-state index in [1.807, 2.05) is 6.08 Å². The standard InChI is InChI=1S/C16H23N/c1-3-5-11-16-15-10-7-6-9-13(15)12-14(17-16)8-4-2/h4,6-7,9-10,14,16-17H,2-3,5,8,11-12H2,1H3/t14-,16-/m0/s1. The molecule has 1 heterocycles. The normalized spacial score (nSPS) is 23.1. The number of benzene rings is 1. The minimum atomic E-state index is 0.546. The first kappa shape index (κ1) is 12.4. The average molecular weight is 229 g/mol. The molecule has 1 nitrogen and oxygen atoms in total. The van der Waals surface area contributed by atoms with Gasteiger partial charge in [0.05, 0.1) is 0 Å². The van der Waals surface area contributed by atoms with Gasteiger partial charge >= 0.3 is 0 Å². The van der Waals surface area contributed by atoms with Gasteiger partial charge in [0.15, 0.2) is 0 Å². The molecule has 92 valence electrons. The molecule has 17 heavy (non-hydrogen) atoms. The number of hydrogen-bond acceptors (Lipinski definition) is 1. The summed E-state index contributed by atoms with van der Waals surface area (Å²) in [5.74, 6) is 0. The Kier molecular flexibility index (Phi) is 4.38. The first-order valence-corrected chi connectivity index (χ1v) is 6.80. The predicted octanol–water partition coefficient (Wildman–Crippen LogP) is 4.01. The van der Waals surface area contributed by atoms with Gasteiger partial charge in [-0.3, -0.25) is 0 Å². The van der Waals surface area contributed by atoms with Crippen molar-refractivity contribution in [2.75, 3.05) is 0 Å². The molecule has 0 aliphatic carbocycles. The van der Waals surface area contributed by atoms with Crippen LogP contribution in [0, 0.1) is 0 Å². The quantitative estimate of drug-likeness (QED) is 0.752. The second-order valence-electron chi connectivity index (χ2n) is 4.99. The second kappa shape index (κ2) is 6.02. The fourth-order valence-corrected chi connectivity index (χ4v) is 2.76. The lowest BCUT2D eigenvalue weighted by atomic mass is 9.87. The zero-order valence-electron chi connectivity index (χ0n) is 10.8. The molecule has 0 saturated carbocycles. The molecule has 0 aromatic heterocycles. The van der Waals surface area contributed by atoms with E-state index in [0.29, 0.717) is 12.1 Å². The third kappa shape index (κ3) is 2.98. The molecular weight excluding hydrogens is 206 g/mol. The van der Waals surface area contributed by atoms with E-state index < -0.39 is 0 Å². The summed E-state index contributed by atoms with van der Waals surface area (Å²) in [6.07, 6.45) is 8.06. The highest BCUT2D eigenvalue weighted by molar-refractivity contribution is 5.33. The van der Waals surface area contributed by atoms with Crippen LogP contribution >= 0.6 is 0 Å². The van der Waals surface area contributed by atoms with Crippen molar-refractivity contribution in [3.63, 3.8) is 0 Å². The van der Waals surface area contributed by atoms with Gasteiger partial charge in [-0.25, -0.2) is 0 Å². The van der Waals surface area contributed by atoms with E-state index in [2.05, 4.69) is 43.1 Å². The molecule has 1 aliphatic rings.